The topological polar surface area (TPSA) is 136 Å². The van der Waals surface area contributed by atoms with E-state index in [1.54, 1.807) is 42.4 Å². The number of nitrogens with zero attached hydrogens (tertiary/aromatic N) is 5. The molecule has 0 spiro atoms. The predicted octanol–water partition coefficient (Wildman–Crippen LogP) is 4.01. The minimum absolute atomic E-state index is 0.0182. The van der Waals surface area contributed by atoms with Gasteiger partial charge in [0.15, 0.2) is 0 Å². The first-order valence-electron chi connectivity index (χ1n) is 13.1. The van der Waals surface area contributed by atoms with Gasteiger partial charge in [-0.3, -0.25) is 18.8 Å². The van der Waals surface area contributed by atoms with E-state index in [2.05, 4.69) is 15.3 Å². The van der Waals surface area contributed by atoms with E-state index in [-0.39, 0.29) is 30.1 Å². The molecule has 4 heterocycles. The van der Waals surface area contributed by atoms with Gasteiger partial charge in [0.1, 0.15) is 28.7 Å². The molecule has 2 atom stereocenters. The number of nitrogens with one attached hydrogen (secondary N) is 1. The molecule has 0 unspecified atom stereocenters. The second kappa shape index (κ2) is 10.6. The number of fused-ring (bicyclic) bond motifs is 1. The van der Waals surface area contributed by atoms with E-state index in [1.165, 1.54) is 0 Å². The lowest BCUT2D eigenvalue weighted by molar-refractivity contribution is -0.147. The van der Waals surface area contributed by atoms with Crippen molar-refractivity contribution in [2.24, 2.45) is 0 Å². The summed E-state index contributed by atoms with van der Waals surface area (Å²) in [5, 5.41) is 2.82. The summed E-state index contributed by atoms with van der Waals surface area (Å²) in [7, 11) is 0. The van der Waals surface area contributed by atoms with E-state index in [0.717, 1.165) is 29.8 Å². The molecule has 10 nitrogen and oxygen atoms in total. The van der Waals surface area contributed by atoms with Crippen molar-refractivity contribution in [1.82, 2.24) is 24.3 Å². The van der Waals surface area contributed by atoms with Crippen LogP contribution in [-0.2, 0) is 9.59 Å². The van der Waals surface area contributed by atoms with Gasteiger partial charge in [-0.1, -0.05) is 19.1 Å². The Morgan fingerprint density at radius 1 is 1.08 bits per heavy atom. The highest BCUT2D eigenvalue weighted by atomic mass is 16.2. The normalized spacial score (nSPS) is 17.3. The number of rotatable bonds is 6. The number of hydrogen-bond acceptors (Lipinski definition) is 7. The first-order chi connectivity index (χ1) is 18.8. The number of Topliss-reactive ketones (excluding diaryl/α,β-unsaturated/α-hetero) is 1. The molecule has 1 aromatic carbocycles. The van der Waals surface area contributed by atoms with Gasteiger partial charge in [0, 0.05) is 54.6 Å². The molecule has 0 bridgehead atoms. The van der Waals surface area contributed by atoms with Gasteiger partial charge in [-0.05, 0) is 56.5 Å². The van der Waals surface area contributed by atoms with Gasteiger partial charge in [0.2, 0.25) is 5.78 Å². The number of pyridine rings is 1. The first kappa shape index (κ1) is 26.0. The van der Waals surface area contributed by atoms with E-state index in [0.29, 0.717) is 35.0 Å². The molecule has 3 aromatic heterocycles. The largest absolute Gasteiger partial charge is 0.382 e. The van der Waals surface area contributed by atoms with Crippen LogP contribution in [0, 0.1) is 6.92 Å². The Morgan fingerprint density at radius 3 is 2.56 bits per heavy atom. The standard InChI is InChI=1S/C29H31N7O3/c1-4-22(37)29(39)36-16-21(6-5-18(36)3)27-34-24(25-26(30)32-13-14-35(25)27)19-7-9-20(10-8-19)28(38)33-23-15-17(2)11-12-31-23/h7-15,18,21H,4-6,16H2,1-3H3,(H2,30,32)(H,31,33,38)/t18-,21+/m0/s1. The number of piperidine rings is 1. The Kier molecular flexibility index (Phi) is 7.10. The zero-order valence-electron chi connectivity index (χ0n) is 22.2. The molecule has 39 heavy (non-hydrogen) atoms. The number of nitrogens with two attached hydrogens (primary N) is 1. The fourth-order valence-corrected chi connectivity index (χ4v) is 5.06. The number of ketones is 1. The monoisotopic (exact) mass is 525 g/mol. The molecule has 0 aliphatic carbocycles. The first-order valence-corrected chi connectivity index (χ1v) is 13.1. The van der Waals surface area contributed by atoms with Gasteiger partial charge >= 0.3 is 0 Å². The fourth-order valence-electron chi connectivity index (χ4n) is 5.06. The number of aryl methyl sites for hydroxylation is 1. The van der Waals surface area contributed by atoms with E-state index >= 15 is 0 Å². The molecule has 1 aliphatic rings. The molecule has 0 radical (unpaired) electrons. The minimum Gasteiger partial charge on any atom is -0.382 e. The summed E-state index contributed by atoms with van der Waals surface area (Å²) >= 11 is 0. The van der Waals surface area contributed by atoms with Crippen LogP contribution < -0.4 is 11.1 Å². The van der Waals surface area contributed by atoms with Crippen LogP contribution in [0.1, 0.15) is 60.8 Å². The van der Waals surface area contributed by atoms with Crippen LogP contribution in [0.3, 0.4) is 0 Å². The molecule has 1 saturated heterocycles. The van der Waals surface area contributed by atoms with Crippen LogP contribution in [0.25, 0.3) is 16.8 Å². The summed E-state index contributed by atoms with van der Waals surface area (Å²) in [5.74, 6) is 0.414. The highest BCUT2D eigenvalue weighted by Gasteiger charge is 2.34. The van der Waals surface area contributed by atoms with Crippen LogP contribution in [0.4, 0.5) is 11.6 Å². The molecule has 2 amide bonds. The Balaban J connectivity index is 1.46. The number of aromatic nitrogens is 4. The van der Waals surface area contributed by atoms with Gasteiger partial charge in [0.05, 0.1) is 0 Å². The van der Waals surface area contributed by atoms with Crippen LogP contribution in [0.5, 0.6) is 0 Å². The molecule has 3 N–H and O–H groups in total. The lowest BCUT2D eigenvalue weighted by Gasteiger charge is -2.37. The fraction of sp³-hybridized carbons (Fsp3) is 0.310. The number of nitrogen functional groups attached to an aromatic ring is 1. The van der Waals surface area contributed by atoms with Crippen molar-refractivity contribution in [3.8, 4) is 11.3 Å². The van der Waals surface area contributed by atoms with Crippen molar-refractivity contribution in [3.05, 3.63) is 71.9 Å². The number of amides is 2. The third-order valence-corrected chi connectivity index (χ3v) is 7.26. The molecule has 0 saturated carbocycles. The van der Waals surface area contributed by atoms with E-state index in [9.17, 15) is 14.4 Å². The maximum atomic E-state index is 12.8. The second-order valence-corrected chi connectivity index (χ2v) is 9.96. The number of imidazole rings is 1. The predicted molar refractivity (Wildman–Crippen MR) is 148 cm³/mol. The smallest absolute Gasteiger partial charge is 0.290 e. The number of benzene rings is 1. The van der Waals surface area contributed by atoms with Crippen molar-refractivity contribution in [2.45, 2.75) is 52.0 Å². The molecular formula is C29H31N7O3. The van der Waals surface area contributed by atoms with Crippen LogP contribution >= 0.6 is 0 Å². The van der Waals surface area contributed by atoms with Gasteiger partial charge in [-0.15, -0.1) is 0 Å². The average molecular weight is 526 g/mol. The van der Waals surface area contributed by atoms with Crippen molar-refractivity contribution in [1.29, 1.82) is 0 Å². The van der Waals surface area contributed by atoms with E-state index < -0.39 is 5.91 Å². The number of carbonyl (C=O) groups is 3. The highest BCUT2D eigenvalue weighted by Crippen LogP contribution is 2.35. The van der Waals surface area contributed by atoms with Crippen molar-refractivity contribution in [2.75, 3.05) is 17.6 Å². The zero-order chi connectivity index (χ0) is 27.7. The third kappa shape index (κ3) is 5.09. The molecule has 1 aliphatic heterocycles. The SMILES string of the molecule is CCC(=O)C(=O)N1C[C@H](c2nc(-c3ccc(C(=O)Nc4cc(C)ccn4)cc3)c3c(N)nccn23)CC[C@@H]1C. The van der Waals surface area contributed by atoms with E-state index in [1.807, 2.05) is 42.6 Å². The van der Waals surface area contributed by atoms with E-state index in [4.69, 9.17) is 10.7 Å². The molecule has 1 fully saturated rings. The Hall–Kier alpha value is -4.60. The number of anilines is 2. The summed E-state index contributed by atoms with van der Waals surface area (Å²) in [6.07, 6.45) is 6.85. The average Bonchev–Trinajstić information content (AvgIpc) is 3.33. The molecular weight excluding hydrogens is 494 g/mol. The lowest BCUT2D eigenvalue weighted by atomic mass is 9.92. The molecule has 200 valence electrons. The second-order valence-electron chi connectivity index (χ2n) is 9.96. The highest BCUT2D eigenvalue weighted by molar-refractivity contribution is 6.36. The van der Waals surface area contributed by atoms with Crippen molar-refractivity contribution < 1.29 is 14.4 Å². The van der Waals surface area contributed by atoms with Gasteiger partial charge in [0.25, 0.3) is 11.8 Å². The van der Waals surface area contributed by atoms with Crippen LogP contribution in [-0.4, -0.2) is 54.4 Å². The summed E-state index contributed by atoms with van der Waals surface area (Å²) in [6, 6.07) is 10.8. The molecule has 4 aromatic rings. The summed E-state index contributed by atoms with van der Waals surface area (Å²) < 4.78 is 1.92. The summed E-state index contributed by atoms with van der Waals surface area (Å²) in [4.78, 5) is 52.8. The summed E-state index contributed by atoms with van der Waals surface area (Å²) in [5.41, 5.74) is 9.88. The van der Waals surface area contributed by atoms with Crippen molar-refractivity contribution in [3.63, 3.8) is 0 Å². The Morgan fingerprint density at radius 2 is 1.85 bits per heavy atom. The van der Waals surface area contributed by atoms with Crippen LogP contribution in [0.2, 0.25) is 0 Å². The molecule has 10 heteroatoms. The maximum Gasteiger partial charge on any atom is 0.290 e. The van der Waals surface area contributed by atoms with Gasteiger partial charge in [-0.25, -0.2) is 15.0 Å². The number of likely N-dealkylation sites (tertiary alicyclic amines) is 1. The number of carbonyl (C=O) groups excluding carboxylic acids is 3. The quantitative estimate of drug-likeness (QED) is 0.363. The molecule has 5 rings (SSSR count). The van der Waals surface area contributed by atoms with Gasteiger partial charge < -0.3 is 16.0 Å². The lowest BCUT2D eigenvalue weighted by Crippen LogP contribution is -2.47. The van der Waals surface area contributed by atoms with Gasteiger partial charge in [-0.2, -0.15) is 0 Å². The van der Waals surface area contributed by atoms with Crippen molar-refractivity contribution >= 4 is 34.8 Å². The number of hydrogen-bond donors (Lipinski definition) is 2. The summed E-state index contributed by atoms with van der Waals surface area (Å²) in [6.45, 7) is 6.01. The zero-order valence-corrected chi connectivity index (χ0v) is 22.2. The Labute approximate surface area is 226 Å². The maximum absolute atomic E-state index is 12.8. The van der Waals surface area contributed by atoms with Crippen LogP contribution in [0.15, 0.2) is 55.0 Å². The minimum atomic E-state index is -0.438. The third-order valence-electron chi connectivity index (χ3n) is 7.26. The Bertz CT molecular complexity index is 1560.